The van der Waals surface area contributed by atoms with Crippen LogP contribution in [0.3, 0.4) is 0 Å². The molecule has 2 aromatic rings. The zero-order chi connectivity index (χ0) is 19.8. The fourth-order valence-electron chi connectivity index (χ4n) is 3.39. The molecule has 4 nitrogen and oxygen atoms in total. The predicted octanol–water partition coefficient (Wildman–Crippen LogP) is 4.80. The molecule has 1 aliphatic rings. The van der Waals surface area contributed by atoms with Crippen molar-refractivity contribution in [3.05, 3.63) is 77.1 Å². The first kappa shape index (κ1) is 20.0. The number of carbonyl (C=O) groups is 1. The smallest absolute Gasteiger partial charge is 0.303 e. The van der Waals surface area contributed by atoms with Gasteiger partial charge < -0.3 is 5.11 Å². The van der Waals surface area contributed by atoms with E-state index in [2.05, 4.69) is 42.2 Å². The van der Waals surface area contributed by atoms with Gasteiger partial charge >= 0.3 is 5.97 Å². The highest BCUT2D eigenvalue weighted by molar-refractivity contribution is 5.78. The maximum atomic E-state index is 10.7. The summed E-state index contributed by atoms with van der Waals surface area (Å²) in [5, 5.41) is 8.76. The molecule has 0 bridgehead atoms. The molecular formula is C24H28N2O2. The van der Waals surface area contributed by atoms with Crippen LogP contribution in [0.25, 0.3) is 11.6 Å². The first-order valence-electron chi connectivity index (χ1n) is 9.97. The first-order valence-corrected chi connectivity index (χ1v) is 9.97. The van der Waals surface area contributed by atoms with Gasteiger partial charge in [-0.3, -0.25) is 9.69 Å². The predicted molar refractivity (Wildman–Crippen MR) is 114 cm³/mol. The van der Waals surface area contributed by atoms with Crippen molar-refractivity contribution >= 4 is 17.6 Å². The molecule has 3 rings (SSSR count). The molecule has 146 valence electrons. The third kappa shape index (κ3) is 5.89. The van der Waals surface area contributed by atoms with Crippen LogP contribution in [0.2, 0.25) is 0 Å². The molecule has 0 saturated carbocycles. The van der Waals surface area contributed by atoms with Gasteiger partial charge in [-0.25, -0.2) is 4.98 Å². The average Bonchev–Trinajstić information content (AvgIpc) is 3.21. The number of hydrogen-bond acceptors (Lipinski definition) is 3. The molecule has 0 spiro atoms. The second-order valence-corrected chi connectivity index (χ2v) is 7.27. The number of allylic oxidation sites excluding steroid dienone is 1. The van der Waals surface area contributed by atoms with Crippen molar-refractivity contribution in [2.75, 3.05) is 19.6 Å². The number of hydrogen-bond donors (Lipinski definition) is 1. The van der Waals surface area contributed by atoms with Crippen LogP contribution in [0.5, 0.6) is 0 Å². The second-order valence-electron chi connectivity index (χ2n) is 7.27. The lowest BCUT2D eigenvalue weighted by molar-refractivity contribution is -0.136. The highest BCUT2D eigenvalue weighted by Gasteiger charge is 2.12. The molecule has 0 atom stereocenters. The van der Waals surface area contributed by atoms with E-state index in [9.17, 15) is 4.79 Å². The normalized spacial score (nSPS) is 15.4. The van der Waals surface area contributed by atoms with Gasteiger partial charge in [0.1, 0.15) is 0 Å². The van der Waals surface area contributed by atoms with Crippen molar-refractivity contribution in [1.29, 1.82) is 0 Å². The van der Waals surface area contributed by atoms with E-state index in [-0.39, 0.29) is 6.42 Å². The Bertz CT molecular complexity index is 847. The SMILES string of the molecule is Cc1ccc(C(=CCN2CCCC2)c2cccc(C=CCCC(=O)O)n2)cc1. The summed E-state index contributed by atoms with van der Waals surface area (Å²) in [6.45, 7) is 5.36. The molecule has 1 aromatic heterocycles. The summed E-state index contributed by atoms with van der Waals surface area (Å²) in [6.07, 6.45) is 9.28. The number of carboxylic acid groups (broad SMARTS) is 1. The highest BCUT2D eigenvalue weighted by atomic mass is 16.4. The van der Waals surface area contributed by atoms with Crippen molar-refractivity contribution in [3.63, 3.8) is 0 Å². The molecule has 4 heteroatoms. The molecule has 0 radical (unpaired) electrons. The molecule has 0 amide bonds. The summed E-state index contributed by atoms with van der Waals surface area (Å²) in [5.41, 5.74) is 5.35. The van der Waals surface area contributed by atoms with Crippen molar-refractivity contribution in [2.45, 2.75) is 32.6 Å². The third-order valence-corrected chi connectivity index (χ3v) is 4.97. The summed E-state index contributed by atoms with van der Waals surface area (Å²) < 4.78 is 0. The van der Waals surface area contributed by atoms with Gasteiger partial charge in [0.05, 0.1) is 11.4 Å². The van der Waals surface area contributed by atoms with Crippen LogP contribution in [0.1, 0.15) is 48.2 Å². The minimum Gasteiger partial charge on any atom is -0.481 e. The van der Waals surface area contributed by atoms with E-state index in [1.807, 2.05) is 30.4 Å². The summed E-state index contributed by atoms with van der Waals surface area (Å²) in [4.78, 5) is 17.9. The highest BCUT2D eigenvalue weighted by Crippen LogP contribution is 2.23. The van der Waals surface area contributed by atoms with Crippen molar-refractivity contribution < 1.29 is 9.90 Å². The molecular weight excluding hydrogens is 348 g/mol. The van der Waals surface area contributed by atoms with Gasteiger partial charge in [0, 0.05) is 18.5 Å². The lowest BCUT2D eigenvalue weighted by Gasteiger charge is -2.14. The Morgan fingerprint density at radius 1 is 1.14 bits per heavy atom. The first-order chi connectivity index (χ1) is 13.6. The van der Waals surface area contributed by atoms with Crippen molar-refractivity contribution in [2.24, 2.45) is 0 Å². The van der Waals surface area contributed by atoms with Gasteiger partial charge in [-0.15, -0.1) is 0 Å². The minimum atomic E-state index is -0.780. The van der Waals surface area contributed by atoms with Crippen LogP contribution in [0, 0.1) is 6.92 Å². The van der Waals surface area contributed by atoms with Gasteiger partial charge in [-0.1, -0.05) is 48.0 Å². The fraction of sp³-hybridized carbons (Fsp3) is 0.333. The summed E-state index contributed by atoms with van der Waals surface area (Å²) in [5.74, 6) is -0.780. The zero-order valence-corrected chi connectivity index (χ0v) is 16.5. The molecule has 1 aliphatic heterocycles. The maximum Gasteiger partial charge on any atom is 0.303 e. The number of aliphatic carboxylic acids is 1. The number of benzene rings is 1. The minimum absolute atomic E-state index is 0.139. The largest absolute Gasteiger partial charge is 0.481 e. The summed E-state index contributed by atoms with van der Waals surface area (Å²) >= 11 is 0. The number of nitrogens with zero attached hydrogens (tertiary/aromatic N) is 2. The van der Waals surface area contributed by atoms with Gasteiger partial charge in [0.2, 0.25) is 0 Å². The van der Waals surface area contributed by atoms with Crippen LogP contribution in [-0.2, 0) is 4.79 Å². The van der Waals surface area contributed by atoms with Gasteiger partial charge in [-0.2, -0.15) is 0 Å². The van der Waals surface area contributed by atoms with Gasteiger partial charge in [-0.05, 0) is 63.0 Å². The fourth-order valence-corrected chi connectivity index (χ4v) is 3.39. The van der Waals surface area contributed by atoms with E-state index in [0.717, 1.165) is 36.6 Å². The van der Waals surface area contributed by atoms with E-state index in [4.69, 9.17) is 10.1 Å². The van der Waals surface area contributed by atoms with E-state index in [1.54, 1.807) is 0 Å². The Morgan fingerprint density at radius 3 is 2.61 bits per heavy atom. The van der Waals surface area contributed by atoms with Gasteiger partial charge in [0.15, 0.2) is 0 Å². The van der Waals surface area contributed by atoms with Crippen LogP contribution in [0.15, 0.2) is 54.6 Å². The van der Waals surface area contributed by atoms with Crippen LogP contribution in [-0.4, -0.2) is 40.6 Å². The average molecular weight is 377 g/mol. The quantitative estimate of drug-likeness (QED) is 0.719. The van der Waals surface area contributed by atoms with Crippen LogP contribution < -0.4 is 0 Å². The Balaban J connectivity index is 1.84. The van der Waals surface area contributed by atoms with E-state index >= 15 is 0 Å². The monoisotopic (exact) mass is 376 g/mol. The summed E-state index contributed by atoms with van der Waals surface area (Å²) in [6, 6.07) is 14.6. The lowest BCUT2D eigenvalue weighted by Crippen LogP contribution is -2.19. The van der Waals surface area contributed by atoms with Gasteiger partial charge in [0.25, 0.3) is 0 Å². The zero-order valence-electron chi connectivity index (χ0n) is 16.5. The second kappa shape index (κ2) is 10.00. The molecule has 0 unspecified atom stereocenters. The van der Waals surface area contributed by atoms with E-state index in [0.29, 0.717) is 6.42 Å². The Hall–Kier alpha value is -2.72. The molecule has 1 fully saturated rings. The van der Waals surface area contributed by atoms with Crippen molar-refractivity contribution in [3.8, 4) is 0 Å². The van der Waals surface area contributed by atoms with E-state index in [1.165, 1.54) is 24.0 Å². The number of likely N-dealkylation sites (tertiary alicyclic amines) is 1. The van der Waals surface area contributed by atoms with Crippen molar-refractivity contribution in [1.82, 2.24) is 9.88 Å². The van der Waals surface area contributed by atoms with Crippen LogP contribution >= 0.6 is 0 Å². The molecule has 1 N–H and O–H groups in total. The number of carboxylic acids is 1. The number of aryl methyl sites for hydroxylation is 1. The van der Waals surface area contributed by atoms with Crippen LogP contribution in [0.4, 0.5) is 0 Å². The topological polar surface area (TPSA) is 53.4 Å². The van der Waals surface area contributed by atoms with E-state index < -0.39 is 5.97 Å². The number of pyridine rings is 1. The standard InChI is InChI=1S/C24H28N2O2/c1-19-11-13-20(14-12-19)22(15-18-26-16-4-5-17-26)23-9-6-8-21(25-23)7-2-3-10-24(27)28/h2,6-9,11-15H,3-5,10,16-18H2,1H3,(H,27,28). The molecule has 28 heavy (non-hydrogen) atoms. The number of aromatic nitrogens is 1. The molecule has 2 heterocycles. The summed E-state index contributed by atoms with van der Waals surface area (Å²) in [7, 11) is 0. The lowest BCUT2D eigenvalue weighted by atomic mass is 10.00. The maximum absolute atomic E-state index is 10.7. The number of rotatable bonds is 8. The third-order valence-electron chi connectivity index (χ3n) is 4.97. The Morgan fingerprint density at radius 2 is 1.89 bits per heavy atom. The Kier molecular flexibility index (Phi) is 7.15. The molecule has 1 aromatic carbocycles. The molecule has 0 aliphatic carbocycles. The Labute approximate surface area is 167 Å². The molecule has 1 saturated heterocycles.